The second-order valence-corrected chi connectivity index (χ2v) is 5.50. The Hall–Kier alpha value is -2.30. The number of hydrogen-bond acceptors (Lipinski definition) is 2. The quantitative estimate of drug-likeness (QED) is 0.938. The van der Waals surface area contributed by atoms with Gasteiger partial charge in [0.15, 0.2) is 0 Å². The summed E-state index contributed by atoms with van der Waals surface area (Å²) in [5.74, 6) is 0.452. The molecular formula is C16H20N4O. The van der Waals surface area contributed by atoms with E-state index in [2.05, 4.69) is 34.6 Å². The molecule has 2 aromatic rings. The predicted molar refractivity (Wildman–Crippen MR) is 80.8 cm³/mol. The maximum atomic E-state index is 12.2. The van der Waals surface area contributed by atoms with Crippen LogP contribution >= 0.6 is 0 Å². The number of urea groups is 1. The fourth-order valence-electron chi connectivity index (χ4n) is 2.77. The van der Waals surface area contributed by atoms with Gasteiger partial charge in [-0.1, -0.05) is 30.3 Å². The third-order valence-corrected chi connectivity index (χ3v) is 4.08. The summed E-state index contributed by atoms with van der Waals surface area (Å²) in [6, 6.07) is 10.4. The van der Waals surface area contributed by atoms with E-state index in [0.29, 0.717) is 12.5 Å². The monoisotopic (exact) mass is 284 g/mol. The topological polar surface area (TPSA) is 50.2 Å². The van der Waals surface area contributed by atoms with E-state index in [1.54, 1.807) is 12.5 Å². The number of carbonyl (C=O) groups is 1. The Morgan fingerprint density at radius 2 is 2.19 bits per heavy atom. The van der Waals surface area contributed by atoms with Gasteiger partial charge in [-0.05, 0) is 12.0 Å². The lowest BCUT2D eigenvalue weighted by Crippen LogP contribution is -2.38. The number of nitrogens with zero attached hydrogens (tertiary/aromatic N) is 3. The molecule has 1 fully saturated rings. The molecule has 0 aliphatic carbocycles. The van der Waals surface area contributed by atoms with Crippen molar-refractivity contribution in [1.82, 2.24) is 19.8 Å². The summed E-state index contributed by atoms with van der Waals surface area (Å²) in [4.78, 5) is 18.2. The van der Waals surface area contributed by atoms with Gasteiger partial charge in [0, 0.05) is 32.3 Å². The van der Waals surface area contributed by atoms with Crippen molar-refractivity contribution in [3.63, 3.8) is 0 Å². The summed E-state index contributed by atoms with van der Waals surface area (Å²) in [7, 11) is 1.93. The normalized spacial score (nSPS) is 18.0. The SMILES string of the molecule is Cn1cncc1CNC(=O)N1CCC(c2ccccc2)C1. The van der Waals surface area contributed by atoms with Crippen molar-refractivity contribution in [2.45, 2.75) is 18.9 Å². The van der Waals surface area contributed by atoms with Crippen molar-refractivity contribution in [3.05, 3.63) is 54.1 Å². The van der Waals surface area contributed by atoms with Gasteiger partial charge in [-0.2, -0.15) is 0 Å². The molecule has 5 nitrogen and oxygen atoms in total. The molecule has 0 radical (unpaired) electrons. The Bertz CT molecular complexity index is 608. The highest BCUT2D eigenvalue weighted by Gasteiger charge is 2.26. The number of carbonyl (C=O) groups excluding carboxylic acids is 1. The van der Waals surface area contributed by atoms with Gasteiger partial charge in [0.1, 0.15) is 0 Å². The van der Waals surface area contributed by atoms with E-state index in [1.807, 2.05) is 22.6 Å². The van der Waals surface area contributed by atoms with Gasteiger partial charge >= 0.3 is 6.03 Å². The molecule has 2 amide bonds. The predicted octanol–water partition coefficient (Wildman–Crippen LogP) is 2.12. The van der Waals surface area contributed by atoms with Gasteiger partial charge in [0.2, 0.25) is 0 Å². The van der Waals surface area contributed by atoms with Crippen LogP contribution in [0.3, 0.4) is 0 Å². The van der Waals surface area contributed by atoms with Crippen LogP contribution in [0, 0.1) is 0 Å². The second-order valence-electron chi connectivity index (χ2n) is 5.50. The average Bonchev–Trinajstić information content (AvgIpc) is 3.15. The Balaban J connectivity index is 1.54. The van der Waals surface area contributed by atoms with Crippen molar-refractivity contribution in [2.75, 3.05) is 13.1 Å². The molecule has 0 spiro atoms. The molecular weight excluding hydrogens is 264 g/mol. The Labute approximate surface area is 124 Å². The van der Waals surface area contributed by atoms with Crippen molar-refractivity contribution >= 4 is 6.03 Å². The van der Waals surface area contributed by atoms with Crippen LogP contribution in [0.5, 0.6) is 0 Å². The van der Waals surface area contributed by atoms with Crippen molar-refractivity contribution in [2.24, 2.45) is 7.05 Å². The smallest absolute Gasteiger partial charge is 0.317 e. The van der Waals surface area contributed by atoms with Crippen LogP contribution in [0.1, 0.15) is 23.6 Å². The number of amides is 2. The number of imidazole rings is 1. The molecule has 1 saturated heterocycles. The fraction of sp³-hybridized carbons (Fsp3) is 0.375. The summed E-state index contributed by atoms with van der Waals surface area (Å²) < 4.78 is 1.91. The van der Waals surface area contributed by atoms with Crippen LogP contribution in [0.25, 0.3) is 0 Å². The van der Waals surface area contributed by atoms with Crippen LogP contribution in [0.2, 0.25) is 0 Å². The molecule has 110 valence electrons. The third kappa shape index (κ3) is 3.07. The first kappa shape index (κ1) is 13.7. The summed E-state index contributed by atoms with van der Waals surface area (Å²) in [6.07, 6.45) is 4.54. The molecule has 1 N–H and O–H groups in total. The van der Waals surface area contributed by atoms with E-state index in [9.17, 15) is 4.79 Å². The van der Waals surface area contributed by atoms with E-state index < -0.39 is 0 Å². The zero-order chi connectivity index (χ0) is 14.7. The highest BCUT2D eigenvalue weighted by atomic mass is 16.2. The molecule has 5 heteroatoms. The lowest BCUT2D eigenvalue weighted by molar-refractivity contribution is 0.207. The summed E-state index contributed by atoms with van der Waals surface area (Å²) >= 11 is 0. The van der Waals surface area contributed by atoms with Gasteiger partial charge in [-0.25, -0.2) is 9.78 Å². The van der Waals surface area contributed by atoms with Gasteiger partial charge in [-0.15, -0.1) is 0 Å². The minimum absolute atomic E-state index is 0.00892. The first-order valence-electron chi connectivity index (χ1n) is 7.27. The number of likely N-dealkylation sites (tertiary alicyclic amines) is 1. The fourth-order valence-corrected chi connectivity index (χ4v) is 2.77. The van der Waals surface area contributed by atoms with Crippen LogP contribution in [0.15, 0.2) is 42.9 Å². The van der Waals surface area contributed by atoms with Crippen molar-refractivity contribution in [3.8, 4) is 0 Å². The first-order valence-corrected chi connectivity index (χ1v) is 7.27. The average molecular weight is 284 g/mol. The highest BCUT2D eigenvalue weighted by Crippen LogP contribution is 2.26. The van der Waals surface area contributed by atoms with E-state index in [0.717, 1.165) is 25.2 Å². The molecule has 1 aliphatic rings. The first-order chi connectivity index (χ1) is 10.2. The largest absolute Gasteiger partial charge is 0.336 e. The number of hydrogen-bond donors (Lipinski definition) is 1. The molecule has 0 saturated carbocycles. The second kappa shape index (κ2) is 5.99. The number of aryl methyl sites for hydroxylation is 1. The third-order valence-electron chi connectivity index (χ3n) is 4.08. The van der Waals surface area contributed by atoms with Crippen molar-refractivity contribution < 1.29 is 4.79 Å². The maximum Gasteiger partial charge on any atom is 0.317 e. The molecule has 1 aromatic carbocycles. The van der Waals surface area contributed by atoms with Gasteiger partial charge in [0.25, 0.3) is 0 Å². The van der Waals surface area contributed by atoms with Crippen LogP contribution in [-0.2, 0) is 13.6 Å². The molecule has 1 aliphatic heterocycles. The summed E-state index contributed by atoms with van der Waals surface area (Å²) in [5.41, 5.74) is 2.32. The molecule has 2 heterocycles. The number of aromatic nitrogens is 2. The summed E-state index contributed by atoms with van der Waals surface area (Å²) in [5, 5.41) is 2.97. The lowest BCUT2D eigenvalue weighted by atomic mass is 9.99. The zero-order valence-corrected chi connectivity index (χ0v) is 12.2. The highest BCUT2D eigenvalue weighted by molar-refractivity contribution is 5.74. The molecule has 21 heavy (non-hydrogen) atoms. The van der Waals surface area contributed by atoms with E-state index >= 15 is 0 Å². The van der Waals surface area contributed by atoms with Crippen LogP contribution < -0.4 is 5.32 Å². The molecule has 0 bridgehead atoms. The summed E-state index contributed by atoms with van der Waals surface area (Å²) in [6.45, 7) is 2.12. The number of nitrogens with one attached hydrogen (secondary N) is 1. The lowest BCUT2D eigenvalue weighted by Gasteiger charge is -2.17. The maximum absolute atomic E-state index is 12.2. The van der Waals surface area contributed by atoms with E-state index in [1.165, 1.54) is 5.56 Å². The number of benzene rings is 1. The standard InChI is InChI=1S/C16H20N4O/c1-19-12-17-9-15(19)10-18-16(21)20-8-7-14(11-20)13-5-3-2-4-6-13/h2-6,9,12,14H,7-8,10-11H2,1H3,(H,18,21). The molecule has 1 atom stereocenters. The van der Waals surface area contributed by atoms with Crippen LogP contribution in [-0.4, -0.2) is 33.6 Å². The molecule has 3 rings (SSSR count). The van der Waals surface area contributed by atoms with E-state index in [-0.39, 0.29) is 6.03 Å². The number of rotatable bonds is 3. The molecule has 1 unspecified atom stereocenters. The molecule has 1 aromatic heterocycles. The van der Waals surface area contributed by atoms with E-state index in [4.69, 9.17) is 0 Å². The van der Waals surface area contributed by atoms with Gasteiger partial charge in [-0.3, -0.25) is 0 Å². The minimum atomic E-state index is 0.00892. The van der Waals surface area contributed by atoms with Crippen LogP contribution in [0.4, 0.5) is 4.79 Å². The Morgan fingerprint density at radius 3 is 2.90 bits per heavy atom. The van der Waals surface area contributed by atoms with Crippen molar-refractivity contribution in [1.29, 1.82) is 0 Å². The minimum Gasteiger partial charge on any atom is -0.336 e. The van der Waals surface area contributed by atoms with Gasteiger partial charge < -0.3 is 14.8 Å². The Kier molecular flexibility index (Phi) is 3.90. The van der Waals surface area contributed by atoms with Gasteiger partial charge in [0.05, 0.1) is 18.6 Å². The Morgan fingerprint density at radius 1 is 1.38 bits per heavy atom. The zero-order valence-electron chi connectivity index (χ0n) is 12.2.